The summed E-state index contributed by atoms with van der Waals surface area (Å²) in [5, 5.41) is -0.705. The van der Waals surface area contributed by atoms with Crippen LogP contribution in [0.15, 0.2) is 24.3 Å². The minimum Gasteiger partial charge on any atom is -0.342 e. The van der Waals surface area contributed by atoms with Crippen molar-refractivity contribution in [3.63, 3.8) is 0 Å². The van der Waals surface area contributed by atoms with Crippen molar-refractivity contribution in [2.45, 2.75) is 12.8 Å². The van der Waals surface area contributed by atoms with Gasteiger partial charge in [0.2, 0.25) is 5.24 Å². The van der Waals surface area contributed by atoms with Gasteiger partial charge in [0, 0.05) is 0 Å². The van der Waals surface area contributed by atoms with Crippen LogP contribution in [0.3, 0.4) is 0 Å². The molecule has 0 bridgehead atoms. The number of hydrogen-bond donors (Lipinski definition) is 1. The van der Waals surface area contributed by atoms with Gasteiger partial charge in [-0.3, -0.25) is 4.79 Å². The molecule has 1 aliphatic rings. The summed E-state index contributed by atoms with van der Waals surface area (Å²) in [7, 11) is 0. The summed E-state index contributed by atoms with van der Waals surface area (Å²) < 4.78 is 12.6. The molecule has 0 heterocycles. The summed E-state index contributed by atoms with van der Waals surface area (Å²) in [4.78, 5) is 27.3. The fraction of sp³-hybridized carbons (Fsp3) is 0.273. The van der Waals surface area contributed by atoms with Gasteiger partial charge in [0.15, 0.2) is 0 Å². The Labute approximate surface area is 102 Å². The lowest BCUT2D eigenvalue weighted by Gasteiger charge is -2.10. The quantitative estimate of drug-likeness (QED) is 0.511. The van der Waals surface area contributed by atoms with Crippen molar-refractivity contribution in [2.75, 3.05) is 5.48 Å². The zero-order chi connectivity index (χ0) is 12.5. The van der Waals surface area contributed by atoms with E-state index in [4.69, 9.17) is 16.4 Å². The van der Waals surface area contributed by atoms with E-state index in [-0.39, 0.29) is 0 Å². The van der Waals surface area contributed by atoms with E-state index in [1.54, 1.807) is 0 Å². The molecule has 0 aromatic heterocycles. The van der Waals surface area contributed by atoms with Crippen molar-refractivity contribution >= 4 is 28.5 Å². The number of nitrogens with one attached hydrogen (secondary N) is 1. The molecule has 1 aromatic carbocycles. The predicted octanol–water partition coefficient (Wildman–Crippen LogP) is 2.24. The standard InChI is InChI=1S/C11H9ClFNO3/c12-9(15)11(5-6-11)10(16)17-14-8-3-1-7(13)2-4-8/h1-4,14H,5-6H2. The average molecular weight is 258 g/mol. The molecule has 1 saturated carbocycles. The molecule has 4 nitrogen and oxygen atoms in total. The highest BCUT2D eigenvalue weighted by Crippen LogP contribution is 2.48. The summed E-state index contributed by atoms with van der Waals surface area (Å²) in [5.74, 6) is -1.10. The molecule has 17 heavy (non-hydrogen) atoms. The molecule has 6 heteroatoms. The number of halogens is 2. The van der Waals surface area contributed by atoms with Gasteiger partial charge in [0.25, 0.3) is 0 Å². The van der Waals surface area contributed by atoms with Gasteiger partial charge in [-0.25, -0.2) is 14.7 Å². The largest absolute Gasteiger partial charge is 0.346 e. The lowest BCUT2D eigenvalue weighted by atomic mass is 10.1. The van der Waals surface area contributed by atoms with E-state index in [1.807, 2.05) is 0 Å². The maximum atomic E-state index is 12.6. The van der Waals surface area contributed by atoms with Gasteiger partial charge in [-0.15, -0.1) is 0 Å². The van der Waals surface area contributed by atoms with Crippen molar-refractivity contribution in [3.05, 3.63) is 30.1 Å². The van der Waals surface area contributed by atoms with E-state index in [1.165, 1.54) is 24.3 Å². The molecule has 1 fully saturated rings. The van der Waals surface area contributed by atoms with Gasteiger partial charge in [-0.1, -0.05) is 0 Å². The van der Waals surface area contributed by atoms with Gasteiger partial charge < -0.3 is 4.84 Å². The first-order chi connectivity index (χ1) is 8.04. The SMILES string of the molecule is O=C(Cl)C1(C(=O)ONc2ccc(F)cc2)CC1. The first-order valence-electron chi connectivity index (χ1n) is 4.97. The van der Waals surface area contributed by atoms with Gasteiger partial charge in [-0.05, 0) is 48.7 Å². The maximum Gasteiger partial charge on any atom is 0.346 e. The Kier molecular flexibility index (Phi) is 3.02. The number of carbonyl (C=O) groups excluding carboxylic acids is 2. The van der Waals surface area contributed by atoms with Crippen molar-refractivity contribution in [1.82, 2.24) is 0 Å². The molecular formula is C11H9ClFNO3. The molecule has 0 atom stereocenters. The van der Waals surface area contributed by atoms with Crippen LogP contribution < -0.4 is 5.48 Å². The van der Waals surface area contributed by atoms with Crippen LogP contribution in [-0.4, -0.2) is 11.2 Å². The summed E-state index contributed by atoms with van der Waals surface area (Å²) in [6.45, 7) is 0. The number of carbonyl (C=O) groups is 2. The second kappa shape index (κ2) is 4.33. The fourth-order valence-electron chi connectivity index (χ4n) is 1.33. The normalized spacial score (nSPS) is 16.1. The summed E-state index contributed by atoms with van der Waals surface area (Å²) in [6.07, 6.45) is 0.804. The molecule has 1 aromatic rings. The minimum absolute atomic E-state index is 0.392. The van der Waals surface area contributed by atoms with Crippen molar-refractivity contribution in [2.24, 2.45) is 5.41 Å². The Hall–Kier alpha value is -1.62. The van der Waals surface area contributed by atoms with Crippen LogP contribution in [0.5, 0.6) is 0 Å². The van der Waals surface area contributed by atoms with Gasteiger partial charge in [0.05, 0.1) is 5.69 Å². The van der Waals surface area contributed by atoms with Crippen LogP contribution in [-0.2, 0) is 14.4 Å². The smallest absolute Gasteiger partial charge is 0.342 e. The van der Waals surface area contributed by atoms with E-state index in [9.17, 15) is 14.0 Å². The second-order valence-electron chi connectivity index (χ2n) is 3.85. The number of anilines is 1. The monoisotopic (exact) mass is 257 g/mol. The molecule has 0 unspecified atom stereocenters. The molecule has 2 rings (SSSR count). The zero-order valence-electron chi connectivity index (χ0n) is 8.70. The second-order valence-corrected chi connectivity index (χ2v) is 4.20. The van der Waals surface area contributed by atoms with Crippen LogP contribution in [0.1, 0.15) is 12.8 Å². The average Bonchev–Trinajstić information content (AvgIpc) is 3.09. The number of rotatable bonds is 4. The maximum absolute atomic E-state index is 12.6. The molecule has 90 valence electrons. The summed E-state index contributed by atoms with van der Waals surface area (Å²) in [6, 6.07) is 5.25. The van der Waals surface area contributed by atoms with E-state index in [0.29, 0.717) is 18.5 Å². The molecule has 0 aliphatic heterocycles. The topological polar surface area (TPSA) is 55.4 Å². The first-order valence-corrected chi connectivity index (χ1v) is 5.35. The first kappa shape index (κ1) is 11.9. The Morgan fingerprint density at radius 2 is 1.88 bits per heavy atom. The van der Waals surface area contributed by atoms with Crippen LogP contribution in [0.2, 0.25) is 0 Å². The highest BCUT2D eigenvalue weighted by atomic mass is 35.5. The van der Waals surface area contributed by atoms with Gasteiger partial charge >= 0.3 is 5.97 Å². The third-order valence-corrected chi connectivity index (χ3v) is 2.98. The van der Waals surface area contributed by atoms with E-state index in [2.05, 4.69) is 5.48 Å². The molecule has 1 aliphatic carbocycles. The zero-order valence-corrected chi connectivity index (χ0v) is 9.46. The van der Waals surface area contributed by atoms with Crippen LogP contribution in [0.4, 0.5) is 10.1 Å². The number of hydrogen-bond acceptors (Lipinski definition) is 4. The minimum atomic E-state index is -1.19. The van der Waals surface area contributed by atoms with Crippen molar-refractivity contribution < 1.29 is 18.8 Å². The third kappa shape index (κ3) is 2.39. The Morgan fingerprint density at radius 3 is 2.35 bits per heavy atom. The third-order valence-electron chi connectivity index (χ3n) is 2.62. The van der Waals surface area contributed by atoms with E-state index >= 15 is 0 Å². The van der Waals surface area contributed by atoms with Crippen LogP contribution in [0.25, 0.3) is 0 Å². The van der Waals surface area contributed by atoms with Crippen molar-refractivity contribution in [3.8, 4) is 0 Å². The fourth-order valence-corrected chi connectivity index (χ4v) is 1.59. The summed E-state index contributed by atoms with van der Waals surface area (Å²) >= 11 is 5.31. The molecular weight excluding hydrogens is 249 g/mol. The Morgan fingerprint density at radius 1 is 1.29 bits per heavy atom. The Bertz CT molecular complexity index is 456. The number of benzene rings is 1. The van der Waals surface area contributed by atoms with E-state index < -0.39 is 22.4 Å². The Balaban J connectivity index is 1.93. The molecule has 0 saturated heterocycles. The highest BCUT2D eigenvalue weighted by Gasteiger charge is 2.57. The highest BCUT2D eigenvalue weighted by molar-refractivity contribution is 6.66. The predicted molar refractivity (Wildman–Crippen MR) is 58.6 cm³/mol. The van der Waals surface area contributed by atoms with Gasteiger partial charge in [0.1, 0.15) is 11.2 Å². The molecule has 0 amide bonds. The summed E-state index contributed by atoms with van der Waals surface area (Å²) in [5.41, 5.74) is 1.57. The molecule has 1 N–H and O–H groups in total. The van der Waals surface area contributed by atoms with Crippen LogP contribution in [0, 0.1) is 11.2 Å². The lowest BCUT2D eigenvalue weighted by Crippen LogP contribution is -2.26. The molecule has 0 spiro atoms. The lowest BCUT2D eigenvalue weighted by molar-refractivity contribution is -0.149. The van der Waals surface area contributed by atoms with Crippen LogP contribution >= 0.6 is 11.6 Å². The van der Waals surface area contributed by atoms with Crippen molar-refractivity contribution in [1.29, 1.82) is 0 Å². The van der Waals surface area contributed by atoms with Gasteiger partial charge in [-0.2, -0.15) is 0 Å². The molecule has 0 radical (unpaired) electrons. The van der Waals surface area contributed by atoms with E-state index in [0.717, 1.165) is 0 Å².